The molecule has 0 aromatic heterocycles. The van der Waals surface area contributed by atoms with Crippen LogP contribution in [-0.2, 0) is 9.59 Å². The second-order valence-corrected chi connectivity index (χ2v) is 6.51. The lowest BCUT2D eigenvalue weighted by atomic mass is 10.1. The topological polar surface area (TPSA) is 96.5 Å². The maximum atomic E-state index is 12.4. The van der Waals surface area contributed by atoms with Gasteiger partial charge in [0.2, 0.25) is 5.91 Å². The lowest BCUT2D eigenvalue weighted by molar-refractivity contribution is -0.122. The van der Waals surface area contributed by atoms with Crippen molar-refractivity contribution in [3.63, 3.8) is 0 Å². The molecule has 0 unspecified atom stereocenters. The molecule has 3 amide bonds. The summed E-state index contributed by atoms with van der Waals surface area (Å²) in [4.78, 5) is 36.4. The summed E-state index contributed by atoms with van der Waals surface area (Å²) in [6, 6.07) is 11.4. The number of aryl methyl sites for hydroxylation is 1. The lowest BCUT2D eigenvalue weighted by Crippen LogP contribution is -2.41. The van der Waals surface area contributed by atoms with E-state index in [1.807, 2.05) is 13.0 Å². The fourth-order valence-electron chi connectivity index (χ4n) is 2.67. The molecule has 0 bridgehead atoms. The van der Waals surface area contributed by atoms with Crippen molar-refractivity contribution in [1.29, 1.82) is 0 Å². The third kappa shape index (κ3) is 4.25. The molecule has 0 fully saturated rings. The molecule has 140 valence electrons. The molecule has 3 rings (SSSR count). The maximum absolute atomic E-state index is 12.4. The Kier molecular flexibility index (Phi) is 5.12. The van der Waals surface area contributed by atoms with Crippen LogP contribution in [-0.4, -0.2) is 29.9 Å². The van der Waals surface area contributed by atoms with Gasteiger partial charge in [-0.3, -0.25) is 14.4 Å². The largest absolute Gasteiger partial charge is 0.479 e. The van der Waals surface area contributed by atoms with Gasteiger partial charge in [-0.2, -0.15) is 0 Å². The molecule has 2 aromatic carbocycles. The van der Waals surface area contributed by atoms with Crippen LogP contribution in [0.25, 0.3) is 0 Å². The normalized spacial score (nSPS) is 16.4. The molecule has 7 nitrogen and oxygen atoms in total. The summed E-state index contributed by atoms with van der Waals surface area (Å²) in [5.74, 6) is -0.389. The Morgan fingerprint density at radius 2 is 1.96 bits per heavy atom. The van der Waals surface area contributed by atoms with Crippen molar-refractivity contribution in [1.82, 2.24) is 5.32 Å². The van der Waals surface area contributed by atoms with Gasteiger partial charge in [-0.05, 0) is 51.1 Å². The van der Waals surface area contributed by atoms with Crippen LogP contribution in [0.5, 0.6) is 5.75 Å². The quantitative estimate of drug-likeness (QED) is 0.773. The highest BCUT2D eigenvalue weighted by Crippen LogP contribution is 2.32. The van der Waals surface area contributed by atoms with Crippen LogP contribution in [0, 0.1) is 6.92 Å². The van der Waals surface area contributed by atoms with Crippen LogP contribution in [0.1, 0.15) is 29.8 Å². The van der Waals surface area contributed by atoms with Crippen LogP contribution < -0.4 is 20.7 Å². The van der Waals surface area contributed by atoms with E-state index in [1.165, 1.54) is 0 Å². The number of benzene rings is 2. The van der Waals surface area contributed by atoms with Crippen LogP contribution in [0.15, 0.2) is 42.5 Å². The molecule has 2 atom stereocenters. The van der Waals surface area contributed by atoms with Crippen molar-refractivity contribution in [2.24, 2.45) is 0 Å². The maximum Gasteiger partial charge on any atom is 0.265 e. The number of fused-ring (bicyclic) bond motifs is 1. The summed E-state index contributed by atoms with van der Waals surface area (Å²) in [6.07, 6.45) is -0.560. The minimum atomic E-state index is -0.736. The molecule has 0 saturated heterocycles. The highest BCUT2D eigenvalue weighted by atomic mass is 16.5. The van der Waals surface area contributed by atoms with Gasteiger partial charge in [-0.1, -0.05) is 17.7 Å². The number of nitrogens with one attached hydrogen (secondary N) is 3. The smallest absolute Gasteiger partial charge is 0.265 e. The second-order valence-electron chi connectivity index (χ2n) is 6.51. The molecule has 2 aromatic rings. The van der Waals surface area contributed by atoms with E-state index in [0.717, 1.165) is 5.56 Å². The van der Waals surface area contributed by atoms with Crippen molar-refractivity contribution >= 4 is 29.1 Å². The van der Waals surface area contributed by atoms with Gasteiger partial charge in [0.15, 0.2) is 6.10 Å². The van der Waals surface area contributed by atoms with E-state index in [4.69, 9.17) is 4.74 Å². The van der Waals surface area contributed by atoms with Gasteiger partial charge in [0.1, 0.15) is 11.8 Å². The standard InChI is InChI=1S/C20H21N3O4/c1-11-5-4-6-14(9-11)20(26)21-12(2)18(24)22-15-7-8-17-16(10-15)23-19(25)13(3)27-17/h4-10,12-13H,1-3H3,(H,21,26)(H,22,24)(H,23,25)/t12-,13-/m0/s1. The van der Waals surface area contributed by atoms with Gasteiger partial charge in [0.05, 0.1) is 5.69 Å². The fraction of sp³-hybridized carbons (Fsp3) is 0.250. The number of anilines is 2. The highest BCUT2D eigenvalue weighted by Gasteiger charge is 2.24. The number of carbonyl (C=O) groups is 3. The van der Waals surface area contributed by atoms with E-state index in [2.05, 4.69) is 16.0 Å². The van der Waals surface area contributed by atoms with E-state index >= 15 is 0 Å². The van der Waals surface area contributed by atoms with Gasteiger partial charge in [0, 0.05) is 11.3 Å². The van der Waals surface area contributed by atoms with E-state index in [1.54, 1.807) is 50.2 Å². The van der Waals surface area contributed by atoms with Gasteiger partial charge in [0.25, 0.3) is 11.8 Å². The molecule has 0 radical (unpaired) electrons. The van der Waals surface area contributed by atoms with Crippen LogP contribution in [0.3, 0.4) is 0 Å². The summed E-state index contributed by atoms with van der Waals surface area (Å²) < 4.78 is 5.48. The number of carbonyl (C=O) groups excluding carboxylic acids is 3. The number of hydrogen-bond donors (Lipinski definition) is 3. The van der Waals surface area contributed by atoms with Crippen LogP contribution in [0.4, 0.5) is 11.4 Å². The zero-order valence-corrected chi connectivity index (χ0v) is 15.3. The Bertz CT molecular complexity index is 910. The van der Waals surface area contributed by atoms with Gasteiger partial charge in [-0.15, -0.1) is 0 Å². The molecule has 1 aliphatic rings. The Labute approximate surface area is 157 Å². The Morgan fingerprint density at radius 3 is 2.70 bits per heavy atom. The molecular weight excluding hydrogens is 346 g/mol. The molecule has 0 aliphatic carbocycles. The molecule has 3 N–H and O–H groups in total. The minimum absolute atomic E-state index is 0.246. The first-order valence-corrected chi connectivity index (χ1v) is 8.63. The predicted octanol–water partition coefficient (Wildman–Crippen LogP) is 2.47. The Balaban J connectivity index is 1.64. The van der Waals surface area contributed by atoms with E-state index < -0.39 is 12.1 Å². The average molecular weight is 367 g/mol. The first kappa shape index (κ1) is 18.4. The second kappa shape index (κ2) is 7.49. The van der Waals surface area contributed by atoms with Gasteiger partial charge in [-0.25, -0.2) is 0 Å². The molecule has 1 aliphatic heterocycles. The monoisotopic (exact) mass is 367 g/mol. The van der Waals surface area contributed by atoms with E-state index in [-0.39, 0.29) is 17.7 Å². The van der Waals surface area contributed by atoms with E-state index in [0.29, 0.717) is 22.7 Å². The summed E-state index contributed by atoms with van der Waals surface area (Å²) in [6.45, 7) is 5.16. The van der Waals surface area contributed by atoms with Crippen LogP contribution in [0.2, 0.25) is 0 Å². The molecule has 0 spiro atoms. The van der Waals surface area contributed by atoms with E-state index in [9.17, 15) is 14.4 Å². The van der Waals surface area contributed by atoms with Crippen molar-refractivity contribution < 1.29 is 19.1 Å². The lowest BCUT2D eigenvalue weighted by Gasteiger charge is -2.24. The summed E-state index contributed by atoms with van der Waals surface area (Å²) in [5, 5.41) is 8.13. The zero-order chi connectivity index (χ0) is 19.6. The first-order valence-electron chi connectivity index (χ1n) is 8.63. The number of amides is 3. The summed E-state index contributed by atoms with van der Waals surface area (Å²) >= 11 is 0. The zero-order valence-electron chi connectivity index (χ0n) is 15.3. The Hall–Kier alpha value is -3.35. The fourth-order valence-corrected chi connectivity index (χ4v) is 2.67. The molecule has 7 heteroatoms. The first-order chi connectivity index (χ1) is 12.8. The predicted molar refractivity (Wildman–Crippen MR) is 102 cm³/mol. The van der Waals surface area contributed by atoms with Crippen molar-refractivity contribution in [2.75, 3.05) is 10.6 Å². The minimum Gasteiger partial charge on any atom is -0.479 e. The third-order valence-corrected chi connectivity index (χ3v) is 4.20. The Morgan fingerprint density at radius 1 is 1.19 bits per heavy atom. The highest BCUT2D eigenvalue weighted by molar-refractivity contribution is 6.02. The van der Waals surface area contributed by atoms with Crippen LogP contribution >= 0.6 is 0 Å². The third-order valence-electron chi connectivity index (χ3n) is 4.20. The number of hydrogen-bond acceptors (Lipinski definition) is 4. The SMILES string of the molecule is Cc1cccc(C(=O)N[C@@H](C)C(=O)Nc2ccc3c(c2)NC(=O)[C@H](C)O3)c1. The average Bonchev–Trinajstić information content (AvgIpc) is 2.62. The summed E-state index contributed by atoms with van der Waals surface area (Å²) in [5.41, 5.74) is 2.45. The van der Waals surface area contributed by atoms with Gasteiger partial charge < -0.3 is 20.7 Å². The van der Waals surface area contributed by atoms with Crippen molar-refractivity contribution in [2.45, 2.75) is 32.9 Å². The van der Waals surface area contributed by atoms with Crippen molar-refractivity contribution in [3.05, 3.63) is 53.6 Å². The summed E-state index contributed by atoms with van der Waals surface area (Å²) in [7, 11) is 0. The molecular formula is C20H21N3O4. The van der Waals surface area contributed by atoms with Gasteiger partial charge >= 0.3 is 0 Å². The molecule has 27 heavy (non-hydrogen) atoms. The molecule has 0 saturated carbocycles. The van der Waals surface area contributed by atoms with Crippen molar-refractivity contribution in [3.8, 4) is 5.75 Å². The molecule has 1 heterocycles. The number of rotatable bonds is 4. The number of ether oxygens (including phenoxy) is 1.